The van der Waals surface area contributed by atoms with Crippen molar-refractivity contribution in [1.29, 1.82) is 0 Å². The number of halogens is 1. The molecule has 0 bridgehead atoms. The Bertz CT molecular complexity index is 421. The molecule has 1 fully saturated rings. The summed E-state index contributed by atoms with van der Waals surface area (Å²) in [4.78, 5) is 2.37. The van der Waals surface area contributed by atoms with Crippen LogP contribution < -0.4 is 5.32 Å². The summed E-state index contributed by atoms with van der Waals surface area (Å²) in [5.74, 6) is 0. The highest BCUT2D eigenvalue weighted by molar-refractivity contribution is 6.31. The topological polar surface area (TPSA) is 33.1 Å². The van der Waals surface area contributed by atoms with Gasteiger partial charge in [0, 0.05) is 12.1 Å². The molecule has 19 heavy (non-hydrogen) atoms. The zero-order valence-electron chi connectivity index (χ0n) is 12.4. The van der Waals surface area contributed by atoms with Crippen LogP contribution in [0.25, 0.3) is 0 Å². The molecule has 0 spiro atoms. The van der Waals surface area contributed by atoms with Crippen LogP contribution in [0.2, 0.25) is 5.02 Å². The van der Waals surface area contributed by atoms with Gasteiger partial charge in [-0.2, -0.15) is 5.10 Å². The minimum absolute atomic E-state index is 0.144. The minimum atomic E-state index is 0.144. The molecule has 0 saturated heterocycles. The van der Waals surface area contributed by atoms with E-state index in [0.29, 0.717) is 0 Å². The van der Waals surface area contributed by atoms with Crippen LogP contribution in [0.1, 0.15) is 44.3 Å². The van der Waals surface area contributed by atoms with Gasteiger partial charge in [0.05, 0.1) is 23.0 Å². The number of likely N-dealkylation sites (N-methyl/N-ethyl adjacent to an activating group) is 2. The van der Waals surface area contributed by atoms with Crippen LogP contribution in [0.5, 0.6) is 0 Å². The molecule has 1 N–H and O–H groups in total. The van der Waals surface area contributed by atoms with Crippen molar-refractivity contribution in [3.8, 4) is 0 Å². The Hall–Kier alpha value is -0.580. The summed E-state index contributed by atoms with van der Waals surface area (Å²) in [5, 5.41) is 8.66. The smallest absolute Gasteiger partial charge is 0.0834 e. The zero-order valence-corrected chi connectivity index (χ0v) is 13.2. The molecule has 2 rings (SSSR count). The average molecular weight is 285 g/mol. The van der Waals surface area contributed by atoms with Gasteiger partial charge in [0.25, 0.3) is 0 Å². The molecule has 1 saturated carbocycles. The van der Waals surface area contributed by atoms with Crippen LogP contribution in [0.15, 0.2) is 6.20 Å². The second-order valence-electron chi connectivity index (χ2n) is 5.62. The molecular formula is C14H25ClN4. The SMILES string of the molecule is CCn1ncc(Cl)c1C(NC)C1(N(C)C)CCCC1. The Balaban J connectivity index is 2.45. The van der Waals surface area contributed by atoms with Crippen LogP contribution in [-0.4, -0.2) is 41.4 Å². The molecule has 1 atom stereocenters. The molecule has 1 aromatic rings. The summed E-state index contributed by atoms with van der Waals surface area (Å²) in [7, 11) is 6.38. The third-order valence-electron chi connectivity index (χ3n) is 4.59. The summed E-state index contributed by atoms with van der Waals surface area (Å²) >= 11 is 6.40. The van der Waals surface area contributed by atoms with Gasteiger partial charge in [-0.3, -0.25) is 4.68 Å². The van der Waals surface area contributed by atoms with Crippen molar-refractivity contribution >= 4 is 11.6 Å². The first-order valence-corrected chi connectivity index (χ1v) is 7.50. The number of nitrogens with zero attached hydrogens (tertiary/aromatic N) is 3. The van der Waals surface area contributed by atoms with Gasteiger partial charge in [0.15, 0.2) is 0 Å². The van der Waals surface area contributed by atoms with Gasteiger partial charge in [-0.1, -0.05) is 24.4 Å². The van der Waals surface area contributed by atoms with E-state index < -0.39 is 0 Å². The summed E-state index contributed by atoms with van der Waals surface area (Å²) in [6.07, 6.45) is 6.75. The van der Waals surface area contributed by atoms with Crippen molar-refractivity contribution in [2.45, 2.75) is 50.7 Å². The van der Waals surface area contributed by atoms with Crippen molar-refractivity contribution < 1.29 is 0 Å². The standard InChI is InChI=1S/C14H25ClN4/c1-5-19-12(11(15)10-17-19)13(16-2)14(18(3)4)8-6-7-9-14/h10,13,16H,5-9H2,1-4H3. The number of hydrogen-bond acceptors (Lipinski definition) is 3. The number of rotatable bonds is 5. The highest BCUT2D eigenvalue weighted by Crippen LogP contribution is 2.44. The molecule has 0 aromatic carbocycles. The van der Waals surface area contributed by atoms with Crippen molar-refractivity contribution in [2.24, 2.45) is 0 Å². The van der Waals surface area contributed by atoms with Gasteiger partial charge >= 0.3 is 0 Å². The first kappa shape index (κ1) is 14.8. The number of aryl methyl sites for hydroxylation is 1. The lowest BCUT2D eigenvalue weighted by molar-refractivity contribution is 0.104. The maximum atomic E-state index is 6.40. The van der Waals surface area contributed by atoms with Crippen molar-refractivity contribution in [2.75, 3.05) is 21.1 Å². The normalized spacial score (nSPS) is 20.1. The van der Waals surface area contributed by atoms with Crippen LogP contribution in [0.3, 0.4) is 0 Å². The van der Waals surface area contributed by atoms with Crippen LogP contribution in [-0.2, 0) is 6.54 Å². The third kappa shape index (κ3) is 2.41. The molecule has 1 aliphatic carbocycles. The highest BCUT2D eigenvalue weighted by Gasteiger charge is 2.45. The van der Waals surface area contributed by atoms with Crippen LogP contribution in [0, 0.1) is 0 Å². The van der Waals surface area contributed by atoms with E-state index in [-0.39, 0.29) is 11.6 Å². The first-order chi connectivity index (χ1) is 9.06. The Labute approximate surface area is 121 Å². The van der Waals surface area contributed by atoms with Crippen LogP contribution >= 0.6 is 11.6 Å². The van der Waals surface area contributed by atoms with E-state index in [2.05, 4.69) is 36.3 Å². The maximum Gasteiger partial charge on any atom is 0.0834 e. The molecule has 0 aliphatic heterocycles. The van der Waals surface area contributed by atoms with E-state index in [1.165, 1.54) is 25.7 Å². The quantitative estimate of drug-likeness (QED) is 0.902. The van der Waals surface area contributed by atoms with E-state index in [9.17, 15) is 0 Å². The first-order valence-electron chi connectivity index (χ1n) is 7.12. The number of nitrogens with one attached hydrogen (secondary N) is 1. The van der Waals surface area contributed by atoms with Gasteiger partial charge in [-0.05, 0) is 40.9 Å². The Kier molecular flexibility index (Phi) is 4.54. The molecule has 4 nitrogen and oxygen atoms in total. The molecule has 1 aromatic heterocycles. The fourth-order valence-electron chi connectivity index (χ4n) is 3.55. The van der Waals surface area contributed by atoms with E-state index in [1.54, 1.807) is 6.20 Å². The second-order valence-corrected chi connectivity index (χ2v) is 6.03. The summed E-state index contributed by atoms with van der Waals surface area (Å²) in [6, 6.07) is 0.222. The fourth-order valence-corrected chi connectivity index (χ4v) is 3.80. The summed E-state index contributed by atoms with van der Waals surface area (Å²) in [5.41, 5.74) is 1.27. The molecule has 0 radical (unpaired) electrons. The molecular weight excluding hydrogens is 260 g/mol. The monoisotopic (exact) mass is 284 g/mol. The summed E-state index contributed by atoms with van der Waals surface area (Å²) < 4.78 is 2.02. The lowest BCUT2D eigenvalue weighted by Gasteiger charge is -2.43. The highest BCUT2D eigenvalue weighted by atomic mass is 35.5. The lowest BCUT2D eigenvalue weighted by Crippen LogP contribution is -2.52. The van der Waals surface area contributed by atoms with Crippen molar-refractivity contribution in [3.05, 3.63) is 16.9 Å². The van der Waals surface area contributed by atoms with Gasteiger partial charge in [0.2, 0.25) is 0 Å². The Morgan fingerprint density at radius 3 is 2.58 bits per heavy atom. The maximum absolute atomic E-state index is 6.40. The Morgan fingerprint density at radius 1 is 1.47 bits per heavy atom. The van der Waals surface area contributed by atoms with Crippen LogP contribution in [0.4, 0.5) is 0 Å². The fraction of sp³-hybridized carbons (Fsp3) is 0.786. The molecule has 1 aliphatic rings. The minimum Gasteiger partial charge on any atom is -0.310 e. The van der Waals surface area contributed by atoms with E-state index in [1.807, 2.05) is 11.7 Å². The molecule has 1 unspecified atom stereocenters. The van der Waals surface area contributed by atoms with E-state index >= 15 is 0 Å². The third-order valence-corrected chi connectivity index (χ3v) is 4.88. The molecule has 5 heteroatoms. The predicted molar refractivity (Wildman–Crippen MR) is 79.6 cm³/mol. The predicted octanol–water partition coefficient (Wildman–Crippen LogP) is 2.69. The second kappa shape index (κ2) is 5.81. The average Bonchev–Trinajstić information content (AvgIpc) is 3.00. The summed E-state index contributed by atoms with van der Waals surface area (Å²) in [6.45, 7) is 2.96. The van der Waals surface area contributed by atoms with E-state index in [4.69, 9.17) is 11.6 Å². The molecule has 108 valence electrons. The molecule has 0 amide bonds. The largest absolute Gasteiger partial charge is 0.310 e. The van der Waals surface area contributed by atoms with Crippen molar-refractivity contribution in [1.82, 2.24) is 20.0 Å². The number of hydrogen-bond donors (Lipinski definition) is 1. The van der Waals surface area contributed by atoms with Gasteiger partial charge in [-0.15, -0.1) is 0 Å². The zero-order chi connectivity index (χ0) is 14.0. The van der Waals surface area contributed by atoms with Gasteiger partial charge < -0.3 is 10.2 Å². The number of aromatic nitrogens is 2. The van der Waals surface area contributed by atoms with E-state index in [0.717, 1.165) is 17.3 Å². The van der Waals surface area contributed by atoms with Gasteiger partial charge in [0.1, 0.15) is 0 Å². The lowest BCUT2D eigenvalue weighted by atomic mass is 9.84. The Morgan fingerprint density at radius 2 is 2.11 bits per heavy atom. The van der Waals surface area contributed by atoms with Gasteiger partial charge in [-0.25, -0.2) is 0 Å². The molecule has 1 heterocycles. The van der Waals surface area contributed by atoms with Crippen molar-refractivity contribution in [3.63, 3.8) is 0 Å².